The smallest absolute Gasteiger partial charge is 0.303 e. The van der Waals surface area contributed by atoms with Crippen LogP contribution in [-0.2, 0) is 9.59 Å². The predicted octanol–water partition coefficient (Wildman–Crippen LogP) is 3.65. The van der Waals surface area contributed by atoms with E-state index in [1.165, 1.54) is 5.01 Å². The molecule has 1 atom stereocenters. The summed E-state index contributed by atoms with van der Waals surface area (Å²) in [5.41, 5.74) is 2.31. The van der Waals surface area contributed by atoms with Crippen LogP contribution in [0.15, 0.2) is 41.5 Å². The highest BCUT2D eigenvalue weighted by molar-refractivity contribution is 6.03. The predicted molar refractivity (Wildman–Crippen MR) is 121 cm³/mol. The van der Waals surface area contributed by atoms with Gasteiger partial charge < -0.3 is 24.1 Å². The molecule has 0 saturated carbocycles. The van der Waals surface area contributed by atoms with E-state index in [2.05, 4.69) is 5.10 Å². The zero-order chi connectivity index (χ0) is 24.0. The van der Waals surface area contributed by atoms with Crippen LogP contribution in [0.4, 0.5) is 0 Å². The molecule has 1 N–H and O–H groups in total. The summed E-state index contributed by atoms with van der Waals surface area (Å²) in [5, 5.41) is 15.0. The van der Waals surface area contributed by atoms with E-state index in [1.54, 1.807) is 40.6 Å². The molecular weight excluding hydrogens is 428 g/mol. The first kappa shape index (κ1) is 23.9. The topological polar surface area (TPSA) is 107 Å². The van der Waals surface area contributed by atoms with Crippen LogP contribution in [0, 0.1) is 0 Å². The fourth-order valence-corrected chi connectivity index (χ4v) is 3.72. The molecule has 1 aliphatic heterocycles. The Kier molecular flexibility index (Phi) is 7.76. The SMILES string of the molecule is COc1cc(OC)cc(C2CC(c3ccc(OC)c(OC)c3)=NN2C(=O)CCCC(=O)O)c1. The number of benzene rings is 2. The van der Waals surface area contributed by atoms with Gasteiger partial charge in [-0.05, 0) is 42.3 Å². The molecule has 0 radical (unpaired) electrons. The summed E-state index contributed by atoms with van der Waals surface area (Å²) in [6.45, 7) is 0. The highest BCUT2D eigenvalue weighted by atomic mass is 16.5. The molecule has 0 bridgehead atoms. The van der Waals surface area contributed by atoms with Gasteiger partial charge in [-0.2, -0.15) is 5.10 Å². The van der Waals surface area contributed by atoms with E-state index in [1.807, 2.05) is 24.3 Å². The van der Waals surface area contributed by atoms with E-state index in [0.29, 0.717) is 35.1 Å². The van der Waals surface area contributed by atoms with E-state index in [-0.39, 0.29) is 25.2 Å². The molecular formula is C24H28N2O7. The lowest BCUT2D eigenvalue weighted by molar-refractivity contribution is -0.137. The summed E-state index contributed by atoms with van der Waals surface area (Å²) in [7, 11) is 6.25. The molecule has 1 heterocycles. The van der Waals surface area contributed by atoms with Gasteiger partial charge in [-0.3, -0.25) is 9.59 Å². The minimum atomic E-state index is -0.937. The number of hydrazone groups is 1. The first-order chi connectivity index (χ1) is 15.9. The number of hydrogen-bond donors (Lipinski definition) is 1. The van der Waals surface area contributed by atoms with Crippen molar-refractivity contribution in [1.29, 1.82) is 0 Å². The Morgan fingerprint density at radius 3 is 2.18 bits per heavy atom. The third-order valence-corrected chi connectivity index (χ3v) is 5.42. The van der Waals surface area contributed by atoms with Gasteiger partial charge in [-0.15, -0.1) is 0 Å². The Balaban J connectivity index is 1.97. The average molecular weight is 456 g/mol. The first-order valence-electron chi connectivity index (χ1n) is 10.5. The van der Waals surface area contributed by atoms with Crippen molar-refractivity contribution in [3.8, 4) is 23.0 Å². The minimum absolute atomic E-state index is 0.0760. The van der Waals surface area contributed by atoms with Crippen LogP contribution in [0.3, 0.4) is 0 Å². The molecule has 2 aromatic carbocycles. The molecule has 1 aliphatic rings. The fraction of sp³-hybridized carbons (Fsp3) is 0.375. The van der Waals surface area contributed by atoms with Gasteiger partial charge in [0.25, 0.3) is 0 Å². The van der Waals surface area contributed by atoms with Gasteiger partial charge in [-0.25, -0.2) is 5.01 Å². The molecule has 3 rings (SSSR count). The fourth-order valence-electron chi connectivity index (χ4n) is 3.72. The highest BCUT2D eigenvalue weighted by Gasteiger charge is 2.33. The largest absolute Gasteiger partial charge is 0.497 e. The molecule has 0 saturated heterocycles. The van der Waals surface area contributed by atoms with Crippen LogP contribution in [0.2, 0.25) is 0 Å². The van der Waals surface area contributed by atoms with E-state index in [9.17, 15) is 9.59 Å². The Labute approximate surface area is 192 Å². The Hall–Kier alpha value is -3.75. The Morgan fingerprint density at radius 2 is 1.61 bits per heavy atom. The van der Waals surface area contributed by atoms with Crippen LogP contribution in [0.25, 0.3) is 0 Å². The summed E-state index contributed by atoms with van der Waals surface area (Å²) < 4.78 is 21.5. The molecule has 0 spiro atoms. The van der Waals surface area contributed by atoms with Gasteiger partial charge in [0.05, 0.1) is 40.2 Å². The van der Waals surface area contributed by atoms with Crippen molar-refractivity contribution in [2.24, 2.45) is 5.10 Å². The van der Waals surface area contributed by atoms with Gasteiger partial charge in [0.1, 0.15) is 11.5 Å². The average Bonchev–Trinajstić information content (AvgIpc) is 3.28. The number of aliphatic carboxylic acids is 1. The minimum Gasteiger partial charge on any atom is -0.497 e. The number of carbonyl (C=O) groups excluding carboxylic acids is 1. The van der Waals surface area contributed by atoms with Crippen molar-refractivity contribution >= 4 is 17.6 Å². The van der Waals surface area contributed by atoms with Gasteiger partial charge in [-0.1, -0.05) is 0 Å². The number of carboxylic acids is 1. The molecule has 9 nitrogen and oxygen atoms in total. The van der Waals surface area contributed by atoms with E-state index in [4.69, 9.17) is 24.1 Å². The second-order valence-corrected chi connectivity index (χ2v) is 7.47. The number of rotatable bonds is 10. The van der Waals surface area contributed by atoms with Crippen molar-refractivity contribution in [1.82, 2.24) is 5.01 Å². The number of amides is 1. The van der Waals surface area contributed by atoms with Crippen LogP contribution >= 0.6 is 0 Å². The highest BCUT2D eigenvalue weighted by Crippen LogP contribution is 2.38. The lowest BCUT2D eigenvalue weighted by atomic mass is 9.97. The molecule has 1 amide bonds. The molecule has 9 heteroatoms. The first-order valence-corrected chi connectivity index (χ1v) is 10.5. The maximum atomic E-state index is 13.0. The van der Waals surface area contributed by atoms with Crippen molar-refractivity contribution in [2.45, 2.75) is 31.7 Å². The Morgan fingerprint density at radius 1 is 0.939 bits per heavy atom. The van der Waals surface area contributed by atoms with Gasteiger partial charge in [0, 0.05) is 30.9 Å². The molecule has 1 unspecified atom stereocenters. The van der Waals surface area contributed by atoms with Crippen molar-refractivity contribution < 1.29 is 33.6 Å². The number of carbonyl (C=O) groups is 2. The number of methoxy groups -OCH3 is 4. The van der Waals surface area contributed by atoms with Gasteiger partial charge in [0.15, 0.2) is 11.5 Å². The summed E-state index contributed by atoms with van der Waals surface area (Å²) in [6.07, 6.45) is 0.687. The van der Waals surface area contributed by atoms with Crippen LogP contribution < -0.4 is 18.9 Å². The number of carboxylic acid groups (broad SMARTS) is 1. The molecule has 33 heavy (non-hydrogen) atoms. The lowest BCUT2D eigenvalue weighted by Gasteiger charge is -2.23. The zero-order valence-electron chi connectivity index (χ0n) is 19.2. The van der Waals surface area contributed by atoms with Gasteiger partial charge >= 0.3 is 5.97 Å². The van der Waals surface area contributed by atoms with Crippen molar-refractivity contribution in [2.75, 3.05) is 28.4 Å². The second-order valence-electron chi connectivity index (χ2n) is 7.47. The molecule has 0 aliphatic carbocycles. The van der Waals surface area contributed by atoms with Crippen molar-refractivity contribution in [3.05, 3.63) is 47.5 Å². The van der Waals surface area contributed by atoms with Crippen molar-refractivity contribution in [3.63, 3.8) is 0 Å². The summed E-state index contributed by atoms with van der Waals surface area (Å²) >= 11 is 0. The molecule has 2 aromatic rings. The lowest BCUT2D eigenvalue weighted by Crippen LogP contribution is -2.27. The quantitative estimate of drug-likeness (QED) is 0.581. The normalized spacial score (nSPS) is 15.1. The summed E-state index contributed by atoms with van der Waals surface area (Å²) in [6, 6.07) is 10.5. The maximum Gasteiger partial charge on any atom is 0.303 e. The van der Waals surface area contributed by atoms with E-state index < -0.39 is 12.0 Å². The second kappa shape index (κ2) is 10.7. The van der Waals surface area contributed by atoms with E-state index >= 15 is 0 Å². The van der Waals surface area contributed by atoms with Gasteiger partial charge in [0.2, 0.25) is 5.91 Å². The van der Waals surface area contributed by atoms with Crippen LogP contribution in [0.5, 0.6) is 23.0 Å². The summed E-state index contributed by atoms with van der Waals surface area (Å²) in [5.74, 6) is 1.16. The number of hydrogen-bond acceptors (Lipinski definition) is 7. The van der Waals surface area contributed by atoms with Crippen LogP contribution in [-0.4, -0.2) is 56.1 Å². The molecule has 0 aromatic heterocycles. The molecule has 0 fully saturated rings. The standard InChI is InChI=1S/C24H28N2O7/c1-30-17-10-16(11-18(13-17)31-2)20-14-19(15-8-9-21(32-3)22(12-15)33-4)25-26(20)23(27)6-5-7-24(28)29/h8-13,20H,5-7,14H2,1-4H3,(H,28,29). The van der Waals surface area contributed by atoms with Crippen LogP contribution in [0.1, 0.15) is 42.9 Å². The maximum absolute atomic E-state index is 13.0. The monoisotopic (exact) mass is 456 g/mol. The third-order valence-electron chi connectivity index (χ3n) is 5.42. The summed E-state index contributed by atoms with van der Waals surface area (Å²) in [4.78, 5) is 23.9. The number of ether oxygens (including phenoxy) is 4. The molecule has 176 valence electrons. The number of nitrogens with zero attached hydrogens (tertiary/aromatic N) is 2. The third kappa shape index (κ3) is 5.54. The zero-order valence-corrected chi connectivity index (χ0v) is 19.2. The van der Waals surface area contributed by atoms with E-state index in [0.717, 1.165) is 11.1 Å². The Bertz CT molecular complexity index is 1030.